The fraction of sp³-hybridized carbons (Fsp3) is 0.333. The number of hydrogen-bond donors (Lipinski definition) is 1. The minimum absolute atomic E-state index is 0.0647. The Bertz CT molecular complexity index is 1200. The largest absolute Gasteiger partial charge is 0.326 e. The van der Waals surface area contributed by atoms with Gasteiger partial charge in [-0.25, -0.2) is 13.4 Å². The Balaban J connectivity index is 1.37. The van der Waals surface area contributed by atoms with Crippen LogP contribution in [0, 0.1) is 12.8 Å². The molecule has 1 amide bonds. The molecular weight excluding hydrogens is 456 g/mol. The number of piperidine rings is 1. The van der Waals surface area contributed by atoms with Gasteiger partial charge in [-0.15, -0.1) is 11.3 Å². The summed E-state index contributed by atoms with van der Waals surface area (Å²) >= 11 is 1.66. The summed E-state index contributed by atoms with van der Waals surface area (Å²) < 4.78 is 27.4. The zero-order chi connectivity index (χ0) is 23.4. The van der Waals surface area contributed by atoms with Gasteiger partial charge in [-0.3, -0.25) is 14.0 Å². The van der Waals surface area contributed by atoms with E-state index in [1.165, 1.54) is 17.4 Å². The molecule has 0 aliphatic carbocycles. The molecule has 0 saturated carbocycles. The minimum atomic E-state index is -3.74. The molecule has 0 radical (unpaired) electrons. The van der Waals surface area contributed by atoms with Gasteiger partial charge >= 0.3 is 0 Å². The standard InChI is InChI=1S/C24H28N4O3S2/c1-18-25-21(17-32-18)16-28-13-11-19(12-14-28)24(29)26-20-7-6-10-23(15-20)33(30,31)27(2)22-8-4-3-5-9-22/h3-10,15,17,19H,11-14,16H2,1-2H3,(H,26,29). The third-order valence-corrected chi connectivity index (χ3v) is 8.49. The molecule has 1 aliphatic heterocycles. The number of carbonyl (C=O) groups excluding carboxylic acids is 1. The Hall–Kier alpha value is -2.75. The van der Waals surface area contributed by atoms with Gasteiger partial charge in [0.25, 0.3) is 10.0 Å². The third-order valence-electron chi connectivity index (χ3n) is 5.89. The van der Waals surface area contributed by atoms with Crippen molar-refractivity contribution in [2.45, 2.75) is 31.2 Å². The summed E-state index contributed by atoms with van der Waals surface area (Å²) in [7, 11) is -2.22. The first-order valence-electron chi connectivity index (χ1n) is 10.9. The van der Waals surface area contributed by atoms with E-state index in [1.54, 1.807) is 53.8 Å². The molecule has 3 aromatic rings. The van der Waals surface area contributed by atoms with Crippen LogP contribution in [0.4, 0.5) is 11.4 Å². The topological polar surface area (TPSA) is 82.6 Å². The first-order chi connectivity index (χ1) is 15.8. The van der Waals surface area contributed by atoms with Crippen LogP contribution < -0.4 is 9.62 Å². The summed E-state index contributed by atoms with van der Waals surface area (Å²) in [5.74, 6) is -0.157. The number of rotatable bonds is 7. The van der Waals surface area contributed by atoms with E-state index in [4.69, 9.17) is 0 Å². The van der Waals surface area contributed by atoms with Crippen molar-refractivity contribution in [3.63, 3.8) is 0 Å². The van der Waals surface area contributed by atoms with Crippen molar-refractivity contribution in [2.75, 3.05) is 29.8 Å². The molecule has 0 unspecified atom stereocenters. The molecule has 174 valence electrons. The molecule has 2 aromatic carbocycles. The SMILES string of the molecule is Cc1nc(CN2CCC(C(=O)Nc3cccc(S(=O)(=O)N(C)c4ccccc4)c3)CC2)cs1. The van der Waals surface area contributed by atoms with Gasteiger partial charge in [0.05, 0.1) is 21.3 Å². The van der Waals surface area contributed by atoms with Crippen LogP contribution in [0.25, 0.3) is 0 Å². The van der Waals surface area contributed by atoms with Crippen molar-refractivity contribution in [3.8, 4) is 0 Å². The highest BCUT2D eigenvalue weighted by Crippen LogP contribution is 2.25. The molecule has 1 aliphatic rings. The number of benzene rings is 2. The van der Waals surface area contributed by atoms with E-state index in [1.807, 2.05) is 13.0 Å². The van der Waals surface area contributed by atoms with Gasteiger partial charge in [-0.1, -0.05) is 24.3 Å². The van der Waals surface area contributed by atoms with E-state index in [0.717, 1.165) is 43.2 Å². The maximum absolute atomic E-state index is 13.1. The first-order valence-corrected chi connectivity index (χ1v) is 13.2. The van der Waals surface area contributed by atoms with E-state index < -0.39 is 10.0 Å². The quantitative estimate of drug-likeness (QED) is 0.545. The van der Waals surface area contributed by atoms with Crippen molar-refractivity contribution in [3.05, 3.63) is 70.7 Å². The summed E-state index contributed by atoms with van der Waals surface area (Å²) in [6.07, 6.45) is 1.54. The summed E-state index contributed by atoms with van der Waals surface area (Å²) in [6.45, 7) is 4.49. The second-order valence-corrected chi connectivity index (χ2v) is 11.3. The molecule has 0 atom stereocenters. The number of aromatic nitrogens is 1. The zero-order valence-electron chi connectivity index (χ0n) is 18.8. The van der Waals surface area contributed by atoms with Crippen LogP contribution in [0.15, 0.2) is 64.9 Å². The molecular formula is C24H28N4O3S2. The van der Waals surface area contributed by atoms with Crippen LogP contribution in [0.1, 0.15) is 23.5 Å². The first kappa shape index (κ1) is 23.4. The number of carbonyl (C=O) groups is 1. The Morgan fingerprint density at radius 2 is 1.88 bits per heavy atom. The van der Waals surface area contributed by atoms with Crippen molar-refractivity contribution in [1.82, 2.24) is 9.88 Å². The van der Waals surface area contributed by atoms with Gasteiger partial charge < -0.3 is 5.32 Å². The maximum Gasteiger partial charge on any atom is 0.264 e. The number of hydrogen-bond acceptors (Lipinski definition) is 6. The summed E-state index contributed by atoms with van der Waals surface area (Å²) in [5.41, 5.74) is 2.15. The lowest BCUT2D eigenvalue weighted by Gasteiger charge is -2.30. The molecule has 33 heavy (non-hydrogen) atoms. The van der Waals surface area contributed by atoms with Crippen LogP contribution in [0.5, 0.6) is 0 Å². The molecule has 2 heterocycles. The smallest absolute Gasteiger partial charge is 0.264 e. The van der Waals surface area contributed by atoms with Gasteiger partial charge in [0, 0.05) is 30.6 Å². The third kappa shape index (κ3) is 5.61. The molecule has 1 N–H and O–H groups in total. The van der Waals surface area contributed by atoms with Crippen LogP contribution in [0.3, 0.4) is 0 Å². The molecule has 4 rings (SSSR count). The normalized spacial score (nSPS) is 15.3. The fourth-order valence-corrected chi connectivity index (χ4v) is 5.82. The van der Waals surface area contributed by atoms with E-state index in [0.29, 0.717) is 11.4 Å². The van der Waals surface area contributed by atoms with Gasteiger partial charge in [0.1, 0.15) is 0 Å². The molecule has 1 fully saturated rings. The number of thiazole rings is 1. The second-order valence-electron chi connectivity index (χ2n) is 8.23. The molecule has 7 nitrogen and oxygen atoms in total. The minimum Gasteiger partial charge on any atom is -0.326 e. The van der Waals surface area contributed by atoms with Gasteiger partial charge in [-0.05, 0) is 63.2 Å². The number of aryl methyl sites for hydroxylation is 1. The predicted molar refractivity (Wildman–Crippen MR) is 132 cm³/mol. The molecule has 9 heteroatoms. The fourth-order valence-electron chi connectivity index (χ4n) is 3.98. The summed E-state index contributed by atoms with van der Waals surface area (Å²) in [5, 5.41) is 6.08. The average molecular weight is 485 g/mol. The number of sulfonamides is 1. The highest BCUT2D eigenvalue weighted by molar-refractivity contribution is 7.92. The number of para-hydroxylation sites is 1. The summed E-state index contributed by atoms with van der Waals surface area (Å²) in [6, 6.07) is 15.3. The Morgan fingerprint density at radius 1 is 1.15 bits per heavy atom. The van der Waals surface area contributed by atoms with E-state index in [2.05, 4.69) is 20.6 Å². The average Bonchev–Trinajstić information content (AvgIpc) is 3.24. The lowest BCUT2D eigenvalue weighted by molar-refractivity contribution is -0.121. The maximum atomic E-state index is 13.1. The summed E-state index contributed by atoms with van der Waals surface area (Å²) in [4.78, 5) is 19.8. The predicted octanol–water partition coefficient (Wildman–Crippen LogP) is 4.13. The Kier molecular flexibility index (Phi) is 7.11. The van der Waals surface area contributed by atoms with E-state index in [9.17, 15) is 13.2 Å². The van der Waals surface area contributed by atoms with Gasteiger partial charge in [-0.2, -0.15) is 0 Å². The second kappa shape index (κ2) is 10.0. The van der Waals surface area contributed by atoms with Crippen molar-refractivity contribution in [2.24, 2.45) is 5.92 Å². The monoisotopic (exact) mass is 484 g/mol. The number of nitrogens with one attached hydrogen (secondary N) is 1. The van der Waals surface area contributed by atoms with Crippen LogP contribution in [0.2, 0.25) is 0 Å². The number of anilines is 2. The zero-order valence-corrected chi connectivity index (χ0v) is 20.4. The number of amides is 1. The van der Waals surface area contributed by atoms with Gasteiger partial charge in [0.15, 0.2) is 0 Å². The van der Waals surface area contributed by atoms with E-state index in [-0.39, 0.29) is 16.7 Å². The Labute approximate surface area is 199 Å². The highest BCUT2D eigenvalue weighted by Gasteiger charge is 2.26. The van der Waals surface area contributed by atoms with Crippen molar-refractivity contribution >= 4 is 38.6 Å². The molecule has 0 spiro atoms. The highest BCUT2D eigenvalue weighted by atomic mass is 32.2. The molecule has 1 saturated heterocycles. The van der Waals surface area contributed by atoms with Crippen molar-refractivity contribution < 1.29 is 13.2 Å². The van der Waals surface area contributed by atoms with Gasteiger partial charge in [0.2, 0.25) is 5.91 Å². The Morgan fingerprint density at radius 3 is 2.55 bits per heavy atom. The van der Waals surface area contributed by atoms with Crippen LogP contribution in [-0.2, 0) is 21.4 Å². The van der Waals surface area contributed by atoms with Crippen molar-refractivity contribution in [1.29, 1.82) is 0 Å². The van der Waals surface area contributed by atoms with Crippen LogP contribution >= 0.6 is 11.3 Å². The lowest BCUT2D eigenvalue weighted by Crippen LogP contribution is -2.37. The molecule has 0 bridgehead atoms. The van der Waals surface area contributed by atoms with E-state index >= 15 is 0 Å². The van der Waals surface area contributed by atoms with Crippen LogP contribution in [-0.4, -0.2) is 44.3 Å². The molecule has 1 aromatic heterocycles. The lowest BCUT2D eigenvalue weighted by atomic mass is 9.95. The number of nitrogens with zero attached hydrogens (tertiary/aromatic N) is 3. The number of likely N-dealkylation sites (tertiary alicyclic amines) is 1.